The van der Waals surface area contributed by atoms with Crippen molar-refractivity contribution in [1.82, 2.24) is 4.90 Å². The minimum absolute atomic E-state index is 0.0964. The summed E-state index contributed by atoms with van der Waals surface area (Å²) in [6, 6.07) is 15.8. The second-order valence-corrected chi connectivity index (χ2v) is 6.06. The summed E-state index contributed by atoms with van der Waals surface area (Å²) in [7, 11) is 0. The van der Waals surface area contributed by atoms with Crippen molar-refractivity contribution in [3.05, 3.63) is 64.1 Å². The van der Waals surface area contributed by atoms with Crippen LogP contribution in [0.3, 0.4) is 0 Å². The molecule has 2 aromatic rings. The van der Waals surface area contributed by atoms with Gasteiger partial charge in [0.05, 0.1) is 5.56 Å². The molecule has 1 atom stereocenters. The molecule has 0 saturated heterocycles. The Bertz CT molecular complexity index is 654. The number of hydrogen-bond acceptors (Lipinski definition) is 2. The molecule has 108 valence electrons. The van der Waals surface area contributed by atoms with Crippen LogP contribution in [-0.4, -0.2) is 17.4 Å². The molecule has 1 heterocycles. The fraction of sp³-hybridized carbons (Fsp3) is 0.235. The van der Waals surface area contributed by atoms with Crippen LogP contribution < -0.4 is 5.32 Å². The molecule has 2 aromatic carbocycles. The van der Waals surface area contributed by atoms with Crippen molar-refractivity contribution in [2.24, 2.45) is 0 Å². The van der Waals surface area contributed by atoms with Crippen molar-refractivity contribution in [1.29, 1.82) is 0 Å². The quantitative estimate of drug-likeness (QED) is 0.893. The Balaban J connectivity index is 2.02. The Morgan fingerprint density at radius 2 is 1.86 bits per heavy atom. The normalized spacial score (nSPS) is 17.3. The first-order valence-electron chi connectivity index (χ1n) is 7.12. The summed E-state index contributed by atoms with van der Waals surface area (Å²) in [5.74, 6) is 0.0964. The first-order valence-corrected chi connectivity index (χ1v) is 7.92. The van der Waals surface area contributed by atoms with Crippen molar-refractivity contribution in [2.45, 2.75) is 19.5 Å². The number of nitrogens with zero attached hydrogens (tertiary/aromatic N) is 1. The van der Waals surface area contributed by atoms with Gasteiger partial charge in [-0.25, -0.2) is 0 Å². The Hall–Kier alpha value is -1.81. The number of fused-ring (bicyclic) bond motifs is 1. The van der Waals surface area contributed by atoms with E-state index in [9.17, 15) is 4.79 Å². The second-order valence-electron chi connectivity index (χ2n) is 5.14. The number of rotatable bonds is 3. The zero-order valence-corrected chi connectivity index (χ0v) is 13.4. The van der Waals surface area contributed by atoms with Gasteiger partial charge < -0.3 is 10.2 Å². The largest absolute Gasteiger partial charge is 0.361 e. The number of benzene rings is 2. The molecule has 21 heavy (non-hydrogen) atoms. The molecular formula is C17H17BrN2O. The summed E-state index contributed by atoms with van der Waals surface area (Å²) in [5, 5.41) is 3.49. The number of amides is 1. The Morgan fingerprint density at radius 3 is 2.57 bits per heavy atom. The molecule has 0 aliphatic carbocycles. The molecule has 3 nitrogen and oxygen atoms in total. The number of anilines is 1. The second kappa shape index (κ2) is 5.90. The lowest BCUT2D eigenvalue weighted by atomic mass is 10.0. The van der Waals surface area contributed by atoms with Gasteiger partial charge >= 0.3 is 0 Å². The lowest BCUT2D eigenvalue weighted by Gasteiger charge is -2.38. The standard InChI is InChI=1S/C17H17BrN2O/c1-2-11-20-16(12-7-9-13(18)10-8-12)19-15-6-4-3-5-14(15)17(20)21/h3-10,16,19H,2,11H2,1H3/t16-/m1/s1. The summed E-state index contributed by atoms with van der Waals surface area (Å²) in [6.07, 6.45) is 0.822. The van der Waals surface area contributed by atoms with E-state index >= 15 is 0 Å². The maximum atomic E-state index is 12.7. The molecule has 0 bridgehead atoms. The summed E-state index contributed by atoms with van der Waals surface area (Å²) >= 11 is 3.45. The highest BCUT2D eigenvalue weighted by atomic mass is 79.9. The van der Waals surface area contributed by atoms with Gasteiger partial charge in [0, 0.05) is 16.7 Å². The highest BCUT2D eigenvalue weighted by Crippen LogP contribution is 2.33. The van der Waals surface area contributed by atoms with Crippen LogP contribution in [0.25, 0.3) is 0 Å². The molecule has 0 radical (unpaired) electrons. The van der Waals surface area contributed by atoms with E-state index in [1.807, 2.05) is 53.4 Å². The number of nitrogens with one attached hydrogen (secondary N) is 1. The van der Waals surface area contributed by atoms with E-state index in [1.165, 1.54) is 0 Å². The number of carbonyl (C=O) groups excluding carboxylic acids is 1. The van der Waals surface area contributed by atoms with E-state index in [1.54, 1.807) is 0 Å². The zero-order valence-electron chi connectivity index (χ0n) is 11.8. The zero-order chi connectivity index (χ0) is 14.8. The van der Waals surface area contributed by atoms with Crippen molar-refractivity contribution < 1.29 is 4.79 Å². The van der Waals surface area contributed by atoms with Gasteiger partial charge in [-0.3, -0.25) is 4.79 Å². The third kappa shape index (κ3) is 2.68. The van der Waals surface area contributed by atoms with Crippen molar-refractivity contribution in [2.75, 3.05) is 11.9 Å². The minimum atomic E-state index is -0.111. The summed E-state index contributed by atoms with van der Waals surface area (Å²) in [4.78, 5) is 14.6. The lowest BCUT2D eigenvalue weighted by molar-refractivity contribution is 0.0683. The van der Waals surface area contributed by atoms with Gasteiger partial charge in [0.15, 0.2) is 0 Å². The van der Waals surface area contributed by atoms with Crippen molar-refractivity contribution >= 4 is 27.5 Å². The van der Waals surface area contributed by atoms with Gasteiger partial charge in [-0.15, -0.1) is 0 Å². The van der Waals surface area contributed by atoms with Gasteiger partial charge in [-0.2, -0.15) is 0 Å². The van der Waals surface area contributed by atoms with Gasteiger partial charge in [0.1, 0.15) is 6.17 Å². The van der Waals surface area contributed by atoms with Gasteiger partial charge in [-0.05, 0) is 36.2 Å². The van der Waals surface area contributed by atoms with Crippen LogP contribution in [0.15, 0.2) is 53.0 Å². The first-order chi connectivity index (χ1) is 10.2. The van der Waals surface area contributed by atoms with E-state index in [-0.39, 0.29) is 12.1 Å². The van der Waals surface area contributed by atoms with E-state index in [4.69, 9.17) is 0 Å². The molecule has 1 aliphatic heterocycles. The number of carbonyl (C=O) groups is 1. The molecule has 1 N–H and O–H groups in total. The molecule has 0 saturated carbocycles. The number of para-hydroxylation sites is 1. The van der Waals surface area contributed by atoms with Crippen LogP contribution >= 0.6 is 15.9 Å². The smallest absolute Gasteiger partial charge is 0.257 e. The minimum Gasteiger partial charge on any atom is -0.361 e. The predicted octanol–water partition coefficient (Wildman–Crippen LogP) is 4.43. The highest BCUT2D eigenvalue weighted by molar-refractivity contribution is 9.10. The predicted molar refractivity (Wildman–Crippen MR) is 88.3 cm³/mol. The van der Waals surface area contributed by atoms with Crippen LogP contribution in [0.1, 0.15) is 35.4 Å². The van der Waals surface area contributed by atoms with Gasteiger partial charge in [-0.1, -0.05) is 47.1 Å². The van der Waals surface area contributed by atoms with Crippen molar-refractivity contribution in [3.8, 4) is 0 Å². The molecule has 1 aliphatic rings. The Labute approximate surface area is 133 Å². The fourth-order valence-corrected chi connectivity index (χ4v) is 2.94. The molecular weight excluding hydrogens is 328 g/mol. The third-order valence-corrected chi connectivity index (χ3v) is 4.20. The molecule has 3 rings (SSSR count). The van der Waals surface area contributed by atoms with Crippen LogP contribution in [0.2, 0.25) is 0 Å². The van der Waals surface area contributed by atoms with E-state index in [0.717, 1.165) is 34.3 Å². The van der Waals surface area contributed by atoms with E-state index in [2.05, 4.69) is 28.2 Å². The Morgan fingerprint density at radius 1 is 1.14 bits per heavy atom. The lowest BCUT2D eigenvalue weighted by Crippen LogP contribution is -2.43. The summed E-state index contributed by atoms with van der Waals surface area (Å²) < 4.78 is 1.04. The third-order valence-electron chi connectivity index (χ3n) is 3.67. The highest BCUT2D eigenvalue weighted by Gasteiger charge is 2.31. The molecule has 0 spiro atoms. The molecule has 0 aromatic heterocycles. The number of halogens is 1. The SMILES string of the molecule is CCCN1C(=O)c2ccccc2N[C@H]1c1ccc(Br)cc1. The van der Waals surface area contributed by atoms with Gasteiger partial charge in [0.25, 0.3) is 5.91 Å². The van der Waals surface area contributed by atoms with E-state index in [0.29, 0.717) is 0 Å². The Kier molecular flexibility index (Phi) is 3.97. The maximum Gasteiger partial charge on any atom is 0.257 e. The van der Waals surface area contributed by atoms with Crippen LogP contribution in [0.5, 0.6) is 0 Å². The van der Waals surface area contributed by atoms with Crippen LogP contribution in [-0.2, 0) is 0 Å². The summed E-state index contributed by atoms with van der Waals surface area (Å²) in [5.41, 5.74) is 2.75. The molecule has 4 heteroatoms. The van der Waals surface area contributed by atoms with E-state index < -0.39 is 0 Å². The molecule has 1 amide bonds. The monoisotopic (exact) mass is 344 g/mol. The topological polar surface area (TPSA) is 32.3 Å². The summed E-state index contributed by atoms with van der Waals surface area (Å²) in [6.45, 7) is 2.83. The molecule has 0 fully saturated rings. The average Bonchev–Trinajstić information content (AvgIpc) is 2.51. The first kappa shape index (κ1) is 14.1. The van der Waals surface area contributed by atoms with Crippen LogP contribution in [0.4, 0.5) is 5.69 Å². The average molecular weight is 345 g/mol. The number of hydrogen-bond donors (Lipinski definition) is 1. The fourth-order valence-electron chi connectivity index (χ4n) is 2.67. The molecule has 0 unspecified atom stereocenters. The maximum absolute atomic E-state index is 12.7. The van der Waals surface area contributed by atoms with Crippen LogP contribution in [0, 0.1) is 0 Å². The van der Waals surface area contributed by atoms with Crippen molar-refractivity contribution in [3.63, 3.8) is 0 Å². The van der Waals surface area contributed by atoms with Gasteiger partial charge in [0.2, 0.25) is 0 Å².